The first-order valence-corrected chi connectivity index (χ1v) is 12.9. The smallest absolute Gasteiger partial charge is 0.165 e. The van der Waals surface area contributed by atoms with Crippen LogP contribution >= 0.6 is 0 Å². The standard InChI is InChI=1S/C28H35FN4O/c1-19-15-22(17-33-18-26(30-28(19)33)21-3-6-27(34-2)25(29)16-21)20-7-11-31(12-8-20)24-9-13-32(14-10-24)23-4-5-23/h3,6,15-18,20,23-24H,4-5,7-14H2,1-2H3. The van der Waals surface area contributed by atoms with E-state index in [2.05, 4.69) is 33.4 Å². The lowest BCUT2D eigenvalue weighted by Gasteiger charge is -2.42. The SMILES string of the molecule is COc1ccc(-c2cn3cc(C4CCN(C5CCN(C6CC6)CC5)CC4)cc(C)c3n2)cc1F. The van der Waals surface area contributed by atoms with E-state index in [0.717, 1.165) is 29.0 Å². The molecular weight excluding hydrogens is 427 g/mol. The number of rotatable bonds is 5. The average molecular weight is 463 g/mol. The molecule has 1 saturated carbocycles. The lowest BCUT2D eigenvalue weighted by molar-refractivity contribution is 0.0843. The third kappa shape index (κ3) is 4.22. The molecule has 3 aliphatic rings. The molecule has 2 saturated heterocycles. The van der Waals surface area contributed by atoms with Crippen LogP contribution < -0.4 is 4.74 Å². The van der Waals surface area contributed by atoms with E-state index in [4.69, 9.17) is 9.72 Å². The predicted octanol–water partition coefficient (Wildman–Crippen LogP) is 5.26. The minimum absolute atomic E-state index is 0.255. The van der Waals surface area contributed by atoms with Crippen LogP contribution in [0.2, 0.25) is 0 Å². The highest BCUT2D eigenvalue weighted by Gasteiger charge is 2.34. The molecule has 1 aliphatic carbocycles. The minimum atomic E-state index is -0.362. The number of methoxy groups -OCH3 is 1. The number of fused-ring (bicyclic) bond motifs is 1. The second-order valence-electron chi connectivity index (χ2n) is 10.5. The van der Waals surface area contributed by atoms with E-state index >= 15 is 0 Å². The van der Waals surface area contributed by atoms with Crippen molar-refractivity contribution in [3.05, 3.63) is 53.6 Å². The van der Waals surface area contributed by atoms with Gasteiger partial charge in [-0.2, -0.15) is 0 Å². The Hall–Kier alpha value is -2.44. The molecule has 34 heavy (non-hydrogen) atoms. The molecule has 6 rings (SSSR count). The Morgan fingerprint density at radius 1 is 0.882 bits per heavy atom. The molecule has 0 bridgehead atoms. The second-order valence-corrected chi connectivity index (χ2v) is 10.5. The number of halogens is 1. The van der Waals surface area contributed by atoms with Gasteiger partial charge in [0.15, 0.2) is 11.6 Å². The van der Waals surface area contributed by atoms with Gasteiger partial charge in [-0.3, -0.25) is 0 Å². The molecular formula is C28H35FN4O. The Morgan fingerprint density at radius 2 is 1.56 bits per heavy atom. The van der Waals surface area contributed by atoms with Crippen molar-refractivity contribution in [2.24, 2.45) is 0 Å². The molecule has 0 radical (unpaired) electrons. The van der Waals surface area contributed by atoms with Crippen molar-refractivity contribution in [3.8, 4) is 17.0 Å². The number of benzene rings is 1. The Balaban J connectivity index is 1.14. The number of likely N-dealkylation sites (tertiary alicyclic amines) is 2. The third-order valence-electron chi connectivity index (χ3n) is 8.28. The molecule has 5 nitrogen and oxygen atoms in total. The number of ether oxygens (including phenoxy) is 1. The van der Waals surface area contributed by atoms with Gasteiger partial charge in [0.05, 0.1) is 12.8 Å². The number of aryl methyl sites for hydroxylation is 1. The highest BCUT2D eigenvalue weighted by Crippen LogP contribution is 2.34. The second kappa shape index (κ2) is 8.97. The van der Waals surface area contributed by atoms with Crippen LogP contribution in [0, 0.1) is 12.7 Å². The molecule has 0 unspecified atom stereocenters. The van der Waals surface area contributed by atoms with E-state index < -0.39 is 0 Å². The van der Waals surface area contributed by atoms with Gasteiger partial charge in [0, 0.05) is 30.0 Å². The summed E-state index contributed by atoms with van der Waals surface area (Å²) in [7, 11) is 1.48. The van der Waals surface area contributed by atoms with Gasteiger partial charge >= 0.3 is 0 Å². The van der Waals surface area contributed by atoms with Gasteiger partial charge in [0.2, 0.25) is 0 Å². The molecule has 0 spiro atoms. The number of piperidine rings is 2. The van der Waals surface area contributed by atoms with Crippen LogP contribution in [0.1, 0.15) is 55.6 Å². The van der Waals surface area contributed by atoms with Gasteiger partial charge in [-0.05, 0) is 107 Å². The first-order chi connectivity index (χ1) is 16.6. The molecule has 3 aromatic rings. The normalized spacial score (nSPS) is 21.4. The zero-order chi connectivity index (χ0) is 23.2. The van der Waals surface area contributed by atoms with Gasteiger partial charge in [-0.25, -0.2) is 9.37 Å². The van der Waals surface area contributed by atoms with Gasteiger partial charge in [0.1, 0.15) is 5.65 Å². The zero-order valence-electron chi connectivity index (χ0n) is 20.3. The Kier molecular flexibility index (Phi) is 5.82. The molecule has 0 amide bonds. The van der Waals surface area contributed by atoms with Crippen molar-refractivity contribution < 1.29 is 9.13 Å². The fourth-order valence-corrected chi connectivity index (χ4v) is 6.14. The summed E-state index contributed by atoms with van der Waals surface area (Å²) < 4.78 is 21.4. The maximum atomic E-state index is 14.2. The van der Waals surface area contributed by atoms with E-state index in [1.165, 1.54) is 89.0 Å². The summed E-state index contributed by atoms with van der Waals surface area (Å²) in [6.07, 6.45) is 12.2. The first-order valence-electron chi connectivity index (χ1n) is 12.9. The fraction of sp³-hybridized carbons (Fsp3) is 0.536. The molecule has 4 heterocycles. The maximum Gasteiger partial charge on any atom is 0.165 e. The van der Waals surface area contributed by atoms with Crippen LogP contribution in [0.4, 0.5) is 4.39 Å². The predicted molar refractivity (Wildman–Crippen MR) is 133 cm³/mol. The zero-order valence-corrected chi connectivity index (χ0v) is 20.3. The van der Waals surface area contributed by atoms with Crippen LogP contribution in [0.25, 0.3) is 16.9 Å². The number of hydrogen-bond acceptors (Lipinski definition) is 4. The summed E-state index contributed by atoms with van der Waals surface area (Å²) in [6.45, 7) is 7.14. The summed E-state index contributed by atoms with van der Waals surface area (Å²) in [6, 6.07) is 9.04. The van der Waals surface area contributed by atoms with Crippen molar-refractivity contribution in [3.63, 3.8) is 0 Å². The molecule has 3 fully saturated rings. The van der Waals surface area contributed by atoms with E-state index in [-0.39, 0.29) is 11.6 Å². The Labute approximate surface area is 201 Å². The quantitative estimate of drug-likeness (QED) is 0.518. The highest BCUT2D eigenvalue weighted by molar-refractivity contribution is 5.65. The lowest BCUT2D eigenvalue weighted by Crippen LogP contribution is -2.47. The third-order valence-corrected chi connectivity index (χ3v) is 8.28. The van der Waals surface area contributed by atoms with E-state index in [9.17, 15) is 4.39 Å². The summed E-state index contributed by atoms with van der Waals surface area (Å²) in [5, 5.41) is 0. The van der Waals surface area contributed by atoms with Gasteiger partial charge in [-0.15, -0.1) is 0 Å². The van der Waals surface area contributed by atoms with E-state index in [0.29, 0.717) is 5.92 Å². The van der Waals surface area contributed by atoms with Gasteiger partial charge < -0.3 is 18.9 Å². The number of nitrogens with zero attached hydrogens (tertiary/aromatic N) is 4. The van der Waals surface area contributed by atoms with Crippen molar-refractivity contribution in [1.29, 1.82) is 0 Å². The first kappa shape index (κ1) is 22.1. The van der Waals surface area contributed by atoms with E-state index in [1.54, 1.807) is 6.07 Å². The van der Waals surface area contributed by atoms with Crippen LogP contribution in [0.5, 0.6) is 5.75 Å². The van der Waals surface area contributed by atoms with Crippen molar-refractivity contribution in [1.82, 2.24) is 19.2 Å². The molecule has 0 atom stereocenters. The van der Waals surface area contributed by atoms with Crippen molar-refractivity contribution >= 4 is 5.65 Å². The lowest BCUT2D eigenvalue weighted by atomic mass is 9.88. The average Bonchev–Trinajstić information content (AvgIpc) is 3.62. The Morgan fingerprint density at radius 3 is 2.21 bits per heavy atom. The molecule has 2 aliphatic heterocycles. The van der Waals surface area contributed by atoms with Crippen LogP contribution in [-0.2, 0) is 0 Å². The summed E-state index contributed by atoms with van der Waals surface area (Å²) >= 11 is 0. The number of hydrogen-bond donors (Lipinski definition) is 0. The molecule has 6 heteroatoms. The molecule has 0 N–H and O–H groups in total. The van der Waals surface area contributed by atoms with Crippen molar-refractivity contribution in [2.45, 2.75) is 63.5 Å². The van der Waals surface area contributed by atoms with Crippen molar-refractivity contribution in [2.75, 3.05) is 33.3 Å². The van der Waals surface area contributed by atoms with Gasteiger partial charge in [0.25, 0.3) is 0 Å². The molecule has 2 aromatic heterocycles. The maximum absolute atomic E-state index is 14.2. The van der Waals surface area contributed by atoms with Crippen LogP contribution in [0.3, 0.4) is 0 Å². The number of imidazole rings is 1. The van der Waals surface area contributed by atoms with Crippen LogP contribution in [-0.4, -0.2) is 64.6 Å². The van der Waals surface area contributed by atoms with E-state index in [1.807, 2.05) is 12.3 Å². The highest BCUT2D eigenvalue weighted by atomic mass is 19.1. The Bertz CT molecular complexity index is 1170. The van der Waals surface area contributed by atoms with Gasteiger partial charge in [-0.1, -0.05) is 6.07 Å². The summed E-state index contributed by atoms with van der Waals surface area (Å²) in [5.41, 5.74) is 5.07. The summed E-state index contributed by atoms with van der Waals surface area (Å²) in [5.74, 6) is 0.486. The number of pyridine rings is 1. The number of aromatic nitrogens is 2. The largest absolute Gasteiger partial charge is 0.494 e. The molecule has 1 aromatic carbocycles. The minimum Gasteiger partial charge on any atom is -0.494 e. The monoisotopic (exact) mass is 462 g/mol. The van der Waals surface area contributed by atoms with Crippen LogP contribution in [0.15, 0.2) is 36.7 Å². The summed E-state index contributed by atoms with van der Waals surface area (Å²) in [4.78, 5) is 10.3. The fourth-order valence-electron chi connectivity index (χ4n) is 6.14. The molecule has 180 valence electrons. The topological polar surface area (TPSA) is 33.0 Å².